The summed E-state index contributed by atoms with van der Waals surface area (Å²) in [6.45, 7) is 0. The van der Waals surface area contributed by atoms with Crippen LogP contribution in [0.4, 0.5) is 11.6 Å². The van der Waals surface area contributed by atoms with E-state index < -0.39 is 0 Å². The van der Waals surface area contributed by atoms with Crippen molar-refractivity contribution in [2.45, 2.75) is 25.7 Å². The first-order valence-corrected chi connectivity index (χ1v) is 7.53. The minimum atomic E-state index is -0.120. The molecule has 0 unspecified atom stereocenters. The van der Waals surface area contributed by atoms with Gasteiger partial charge in [0.25, 0.3) is 5.56 Å². The van der Waals surface area contributed by atoms with E-state index in [4.69, 9.17) is 10.5 Å². The Balaban J connectivity index is 1.80. The number of nitrogens with one attached hydrogen (secondary N) is 2. The van der Waals surface area contributed by atoms with Gasteiger partial charge in [-0.25, -0.2) is 4.98 Å². The lowest BCUT2D eigenvalue weighted by Crippen LogP contribution is -2.24. The zero-order valence-corrected chi connectivity index (χ0v) is 12.9. The van der Waals surface area contributed by atoms with Gasteiger partial charge in [0.15, 0.2) is 0 Å². The molecule has 23 heavy (non-hydrogen) atoms. The van der Waals surface area contributed by atoms with E-state index >= 15 is 0 Å². The first kappa shape index (κ1) is 15.1. The van der Waals surface area contributed by atoms with Crippen LogP contribution in [0.3, 0.4) is 0 Å². The number of guanidine groups is 1. The van der Waals surface area contributed by atoms with Crippen LogP contribution in [0, 0.1) is 0 Å². The van der Waals surface area contributed by atoms with E-state index in [1.165, 1.54) is 0 Å². The van der Waals surface area contributed by atoms with E-state index in [9.17, 15) is 4.79 Å². The Labute approximate surface area is 133 Å². The molecule has 1 heterocycles. The molecule has 0 saturated heterocycles. The zero-order valence-electron chi connectivity index (χ0n) is 12.9. The van der Waals surface area contributed by atoms with Crippen molar-refractivity contribution in [3.8, 4) is 5.75 Å². The average Bonchev–Trinajstić information content (AvgIpc) is 2.55. The molecule has 0 fully saturated rings. The number of methoxy groups -OCH3 is 1. The molecule has 0 spiro atoms. The van der Waals surface area contributed by atoms with Gasteiger partial charge in [-0.2, -0.15) is 4.99 Å². The number of hydrogen-bond donors (Lipinski definition) is 3. The minimum absolute atomic E-state index is 0.120. The summed E-state index contributed by atoms with van der Waals surface area (Å²) < 4.78 is 5.10. The number of aromatic amines is 1. The van der Waals surface area contributed by atoms with Crippen LogP contribution in [0.2, 0.25) is 0 Å². The van der Waals surface area contributed by atoms with Crippen LogP contribution in [-0.4, -0.2) is 23.0 Å². The smallest absolute Gasteiger partial charge is 0.255 e. The third kappa shape index (κ3) is 3.50. The zero-order chi connectivity index (χ0) is 16.2. The number of ether oxygens (including phenoxy) is 1. The molecule has 3 rings (SSSR count). The molecule has 7 heteroatoms. The van der Waals surface area contributed by atoms with Gasteiger partial charge in [0.2, 0.25) is 11.9 Å². The van der Waals surface area contributed by atoms with E-state index in [0.29, 0.717) is 0 Å². The summed E-state index contributed by atoms with van der Waals surface area (Å²) in [6.07, 6.45) is 3.67. The third-order valence-electron chi connectivity index (χ3n) is 3.77. The number of anilines is 1. The fraction of sp³-hybridized carbons (Fsp3) is 0.312. The van der Waals surface area contributed by atoms with Crippen molar-refractivity contribution in [3.63, 3.8) is 0 Å². The van der Waals surface area contributed by atoms with Gasteiger partial charge in [0, 0.05) is 11.3 Å². The van der Waals surface area contributed by atoms with Crippen molar-refractivity contribution < 1.29 is 4.74 Å². The van der Waals surface area contributed by atoms with Crippen LogP contribution in [-0.2, 0) is 12.8 Å². The molecule has 4 N–H and O–H groups in total. The summed E-state index contributed by atoms with van der Waals surface area (Å²) in [7, 11) is 1.61. The molecule has 0 atom stereocenters. The van der Waals surface area contributed by atoms with Gasteiger partial charge in [0.05, 0.1) is 12.8 Å². The second-order valence-corrected chi connectivity index (χ2v) is 5.37. The highest BCUT2D eigenvalue weighted by atomic mass is 16.5. The van der Waals surface area contributed by atoms with E-state index in [1.807, 2.05) is 24.3 Å². The molecule has 0 bridgehead atoms. The number of aliphatic imine (C=N–C) groups is 1. The van der Waals surface area contributed by atoms with E-state index in [2.05, 4.69) is 20.3 Å². The monoisotopic (exact) mass is 313 g/mol. The maximum Gasteiger partial charge on any atom is 0.255 e. The Kier molecular flexibility index (Phi) is 4.27. The molecule has 0 saturated carbocycles. The van der Waals surface area contributed by atoms with Gasteiger partial charge in [-0.3, -0.25) is 9.78 Å². The number of nitrogens with two attached hydrogens (primary N) is 1. The van der Waals surface area contributed by atoms with Crippen molar-refractivity contribution >= 4 is 17.6 Å². The molecule has 120 valence electrons. The van der Waals surface area contributed by atoms with Gasteiger partial charge in [-0.05, 0) is 49.9 Å². The molecule has 2 aromatic rings. The first-order valence-electron chi connectivity index (χ1n) is 7.53. The van der Waals surface area contributed by atoms with Crippen molar-refractivity contribution in [1.82, 2.24) is 9.97 Å². The molecule has 1 aliphatic rings. The molecular formula is C16H19N5O2. The summed E-state index contributed by atoms with van der Waals surface area (Å²) in [5.74, 6) is 1.15. The van der Waals surface area contributed by atoms with Crippen LogP contribution in [0.5, 0.6) is 5.75 Å². The lowest BCUT2D eigenvalue weighted by molar-refractivity contribution is 0.415. The Bertz CT molecular complexity index is 780. The van der Waals surface area contributed by atoms with Gasteiger partial charge in [-0.1, -0.05) is 0 Å². The summed E-state index contributed by atoms with van der Waals surface area (Å²) in [6, 6.07) is 7.28. The standard InChI is InChI=1S/C16H19N5O2/c1-23-11-8-6-10(7-9-11)18-15(17)21-16-19-13-5-3-2-4-12(13)14(22)20-16/h6-9H,2-5H2,1H3,(H4,17,18,19,20,21,22). The van der Waals surface area contributed by atoms with Crippen molar-refractivity contribution in [2.24, 2.45) is 10.7 Å². The van der Waals surface area contributed by atoms with Crippen LogP contribution < -0.4 is 21.3 Å². The maximum absolute atomic E-state index is 12.1. The number of hydrogen-bond acceptors (Lipinski definition) is 4. The quantitative estimate of drug-likeness (QED) is 0.591. The Morgan fingerprint density at radius 1 is 1.30 bits per heavy atom. The van der Waals surface area contributed by atoms with Crippen molar-refractivity contribution in [3.05, 3.63) is 45.9 Å². The molecule has 7 nitrogen and oxygen atoms in total. The van der Waals surface area contributed by atoms with Crippen LogP contribution >= 0.6 is 0 Å². The highest BCUT2D eigenvalue weighted by molar-refractivity contribution is 5.93. The maximum atomic E-state index is 12.1. The first-order chi connectivity index (χ1) is 11.2. The second-order valence-electron chi connectivity index (χ2n) is 5.37. The Hall–Kier alpha value is -2.83. The van der Waals surface area contributed by atoms with Crippen LogP contribution in [0.1, 0.15) is 24.1 Å². The second kappa shape index (κ2) is 6.51. The predicted octanol–water partition coefficient (Wildman–Crippen LogP) is 1.72. The SMILES string of the molecule is COc1ccc(N/C(N)=N/c2nc3c(c(=O)[nH]2)CCCC3)cc1. The van der Waals surface area contributed by atoms with Gasteiger partial charge >= 0.3 is 0 Å². The minimum Gasteiger partial charge on any atom is -0.497 e. The molecule has 1 aromatic heterocycles. The number of aryl methyl sites for hydroxylation is 1. The average molecular weight is 313 g/mol. The largest absolute Gasteiger partial charge is 0.497 e. The van der Waals surface area contributed by atoms with E-state index in [0.717, 1.165) is 48.4 Å². The number of H-pyrrole nitrogens is 1. The van der Waals surface area contributed by atoms with Gasteiger partial charge in [-0.15, -0.1) is 0 Å². The topological polar surface area (TPSA) is 105 Å². The summed E-state index contributed by atoms with van der Waals surface area (Å²) >= 11 is 0. The predicted molar refractivity (Wildman–Crippen MR) is 89.4 cm³/mol. The number of nitrogens with zero attached hydrogens (tertiary/aromatic N) is 2. The van der Waals surface area contributed by atoms with E-state index in [1.54, 1.807) is 7.11 Å². The summed E-state index contributed by atoms with van der Waals surface area (Å²) in [4.78, 5) is 23.3. The highest BCUT2D eigenvalue weighted by Gasteiger charge is 2.15. The van der Waals surface area contributed by atoms with Crippen molar-refractivity contribution in [2.75, 3.05) is 12.4 Å². The fourth-order valence-corrected chi connectivity index (χ4v) is 2.61. The van der Waals surface area contributed by atoms with Gasteiger partial charge in [0.1, 0.15) is 5.75 Å². The Morgan fingerprint density at radius 3 is 2.78 bits per heavy atom. The van der Waals surface area contributed by atoms with Gasteiger partial charge < -0.3 is 15.8 Å². The van der Waals surface area contributed by atoms with Crippen molar-refractivity contribution in [1.29, 1.82) is 0 Å². The third-order valence-corrected chi connectivity index (χ3v) is 3.77. The number of benzene rings is 1. The molecule has 0 amide bonds. The fourth-order valence-electron chi connectivity index (χ4n) is 2.61. The lowest BCUT2D eigenvalue weighted by atomic mass is 9.97. The number of aromatic nitrogens is 2. The van der Waals surface area contributed by atoms with Crippen LogP contribution in [0.25, 0.3) is 0 Å². The molecule has 1 aliphatic carbocycles. The summed E-state index contributed by atoms with van der Waals surface area (Å²) in [5, 5.41) is 2.95. The van der Waals surface area contributed by atoms with Crippen LogP contribution in [0.15, 0.2) is 34.1 Å². The highest BCUT2D eigenvalue weighted by Crippen LogP contribution is 2.18. The number of rotatable bonds is 3. The number of fused-ring (bicyclic) bond motifs is 1. The van der Waals surface area contributed by atoms with E-state index in [-0.39, 0.29) is 17.5 Å². The molecule has 0 radical (unpaired) electrons. The lowest BCUT2D eigenvalue weighted by Gasteiger charge is -2.13. The molecule has 0 aliphatic heterocycles. The molecule has 1 aromatic carbocycles. The summed E-state index contributed by atoms with van der Waals surface area (Å²) in [5.41, 5.74) is 8.14. The normalized spacial score (nSPS) is 14.2. The molecular weight excluding hydrogens is 294 g/mol. The Morgan fingerprint density at radius 2 is 2.04 bits per heavy atom.